The number of pyridine rings is 1. The minimum absolute atomic E-state index is 0.0162. The molecule has 38 heavy (non-hydrogen) atoms. The highest BCUT2D eigenvalue weighted by atomic mass is 19.1. The summed E-state index contributed by atoms with van der Waals surface area (Å²) in [7, 11) is 1.42. The van der Waals surface area contributed by atoms with E-state index in [9.17, 15) is 18.8 Å². The summed E-state index contributed by atoms with van der Waals surface area (Å²) in [6.45, 7) is 9.30. The predicted octanol–water partition coefficient (Wildman–Crippen LogP) is 6.21. The number of ether oxygens (including phenoxy) is 3. The summed E-state index contributed by atoms with van der Waals surface area (Å²) < 4.78 is 30.4. The molecule has 1 fully saturated rings. The number of ketones is 1. The van der Waals surface area contributed by atoms with Crippen molar-refractivity contribution in [1.29, 1.82) is 0 Å². The summed E-state index contributed by atoms with van der Waals surface area (Å²) in [5.41, 5.74) is 1.66. The minimum Gasteiger partial charge on any atom is -0.493 e. The SMILES string of the molecule is COc1ccnc(C(=O)C[C@@H](C)C(=O)O[C@@H](C)[C@H](c2ccc(F)cc2C)C(C)C)c1OC(=O)C1CCCC1. The standard InChI is InChI=1S/C30H38FNO6/c1-17(2)26(23-12-11-22(31)15-18(23)3)20(5)37-29(34)19(4)16-24(33)27-28(25(36-6)13-14-32-27)38-30(35)21-9-7-8-10-21/h11-15,17,19-21,26H,7-10,16H2,1-6H3/t19-,20+,26-/m1/s1. The van der Waals surface area contributed by atoms with E-state index >= 15 is 0 Å². The number of rotatable bonds is 11. The number of esters is 2. The lowest BCUT2D eigenvalue weighted by atomic mass is 9.82. The first-order valence-electron chi connectivity index (χ1n) is 13.3. The Morgan fingerprint density at radius 1 is 1.08 bits per heavy atom. The fourth-order valence-electron chi connectivity index (χ4n) is 5.23. The first-order chi connectivity index (χ1) is 18.0. The summed E-state index contributed by atoms with van der Waals surface area (Å²) in [4.78, 5) is 43.1. The van der Waals surface area contributed by atoms with Crippen LogP contribution in [0.15, 0.2) is 30.5 Å². The van der Waals surface area contributed by atoms with Crippen LogP contribution in [0.25, 0.3) is 0 Å². The Bertz CT molecular complexity index is 1160. The molecule has 0 radical (unpaired) electrons. The molecule has 0 amide bonds. The van der Waals surface area contributed by atoms with Gasteiger partial charge in [-0.25, -0.2) is 9.37 Å². The van der Waals surface area contributed by atoms with Gasteiger partial charge in [0.2, 0.25) is 5.75 Å². The number of benzene rings is 1. The molecular formula is C30H38FNO6. The van der Waals surface area contributed by atoms with Crippen molar-refractivity contribution in [2.24, 2.45) is 17.8 Å². The largest absolute Gasteiger partial charge is 0.493 e. The monoisotopic (exact) mass is 527 g/mol. The second kappa shape index (κ2) is 13.0. The number of carbonyl (C=O) groups excluding carboxylic acids is 3. The lowest BCUT2D eigenvalue weighted by molar-refractivity contribution is -0.154. The third kappa shape index (κ3) is 6.97. The molecule has 0 bridgehead atoms. The van der Waals surface area contributed by atoms with Gasteiger partial charge < -0.3 is 14.2 Å². The zero-order valence-corrected chi connectivity index (χ0v) is 23.1. The maximum atomic E-state index is 13.7. The Labute approximate surface area is 224 Å². The van der Waals surface area contributed by atoms with Crippen LogP contribution in [-0.2, 0) is 14.3 Å². The number of aromatic nitrogens is 1. The molecule has 1 aliphatic rings. The summed E-state index contributed by atoms with van der Waals surface area (Å²) in [5, 5.41) is 0. The van der Waals surface area contributed by atoms with Crippen LogP contribution in [0.2, 0.25) is 0 Å². The summed E-state index contributed by atoms with van der Waals surface area (Å²) in [5.74, 6) is -2.49. The van der Waals surface area contributed by atoms with Gasteiger partial charge in [0.05, 0.1) is 18.9 Å². The van der Waals surface area contributed by atoms with Gasteiger partial charge in [-0.1, -0.05) is 39.7 Å². The molecule has 1 aromatic heterocycles. The predicted molar refractivity (Wildman–Crippen MR) is 141 cm³/mol. The molecule has 0 aliphatic heterocycles. The molecule has 0 saturated heterocycles. The van der Waals surface area contributed by atoms with E-state index in [0.29, 0.717) is 0 Å². The van der Waals surface area contributed by atoms with E-state index in [1.807, 2.05) is 27.7 Å². The summed E-state index contributed by atoms with van der Waals surface area (Å²) >= 11 is 0. The third-order valence-electron chi connectivity index (χ3n) is 7.25. The lowest BCUT2D eigenvalue weighted by Crippen LogP contribution is -2.30. The number of nitrogens with zero attached hydrogens (tertiary/aromatic N) is 1. The van der Waals surface area contributed by atoms with Crippen LogP contribution in [0.5, 0.6) is 11.5 Å². The van der Waals surface area contributed by atoms with Gasteiger partial charge in [-0.2, -0.15) is 0 Å². The van der Waals surface area contributed by atoms with Gasteiger partial charge in [0.15, 0.2) is 17.2 Å². The lowest BCUT2D eigenvalue weighted by Gasteiger charge is -2.30. The summed E-state index contributed by atoms with van der Waals surface area (Å²) in [6, 6.07) is 6.14. The van der Waals surface area contributed by atoms with Gasteiger partial charge >= 0.3 is 11.9 Å². The van der Waals surface area contributed by atoms with E-state index in [4.69, 9.17) is 14.2 Å². The van der Waals surface area contributed by atoms with Crippen LogP contribution in [-0.4, -0.2) is 35.9 Å². The molecule has 1 heterocycles. The zero-order valence-electron chi connectivity index (χ0n) is 23.1. The summed E-state index contributed by atoms with van der Waals surface area (Å²) in [6.07, 6.45) is 4.16. The molecule has 3 rings (SSSR count). The Morgan fingerprint density at radius 3 is 2.37 bits per heavy atom. The van der Waals surface area contributed by atoms with Crippen molar-refractivity contribution in [2.75, 3.05) is 7.11 Å². The number of carbonyl (C=O) groups is 3. The normalized spacial score (nSPS) is 16.1. The number of aryl methyl sites for hydroxylation is 1. The molecule has 1 saturated carbocycles. The Morgan fingerprint density at radius 2 is 1.76 bits per heavy atom. The maximum absolute atomic E-state index is 13.7. The second-order valence-electron chi connectivity index (χ2n) is 10.5. The van der Waals surface area contributed by atoms with Crippen molar-refractivity contribution >= 4 is 17.7 Å². The third-order valence-corrected chi connectivity index (χ3v) is 7.25. The Balaban J connectivity index is 1.72. The van der Waals surface area contributed by atoms with Gasteiger partial charge in [-0.15, -0.1) is 0 Å². The van der Waals surface area contributed by atoms with E-state index < -0.39 is 29.7 Å². The van der Waals surface area contributed by atoms with Crippen LogP contribution in [0.3, 0.4) is 0 Å². The van der Waals surface area contributed by atoms with E-state index in [1.165, 1.54) is 31.5 Å². The van der Waals surface area contributed by atoms with Crippen molar-refractivity contribution in [1.82, 2.24) is 4.98 Å². The number of hydrogen-bond acceptors (Lipinski definition) is 7. The van der Waals surface area contributed by atoms with Crippen molar-refractivity contribution in [3.63, 3.8) is 0 Å². The first kappa shape index (κ1) is 29.3. The average Bonchev–Trinajstić information content (AvgIpc) is 3.40. The average molecular weight is 528 g/mol. The van der Waals surface area contributed by atoms with Crippen LogP contribution in [0.4, 0.5) is 4.39 Å². The maximum Gasteiger partial charge on any atom is 0.314 e. The van der Waals surface area contributed by atoms with Crippen LogP contribution in [0, 0.1) is 30.5 Å². The van der Waals surface area contributed by atoms with Gasteiger partial charge in [-0.3, -0.25) is 14.4 Å². The minimum atomic E-state index is -0.765. The van der Waals surface area contributed by atoms with Crippen molar-refractivity contribution in [3.8, 4) is 11.5 Å². The smallest absolute Gasteiger partial charge is 0.314 e. The van der Waals surface area contributed by atoms with E-state index in [2.05, 4.69) is 4.98 Å². The van der Waals surface area contributed by atoms with E-state index in [-0.39, 0.29) is 47.2 Å². The Kier molecular flexibility index (Phi) is 10.00. The second-order valence-corrected chi connectivity index (χ2v) is 10.5. The molecule has 0 spiro atoms. The molecule has 0 unspecified atom stereocenters. The van der Waals surface area contributed by atoms with Crippen LogP contribution in [0.1, 0.15) is 87.3 Å². The molecule has 0 N–H and O–H groups in total. The van der Waals surface area contributed by atoms with Crippen molar-refractivity contribution in [3.05, 3.63) is 53.1 Å². The molecule has 2 aromatic rings. The van der Waals surface area contributed by atoms with Gasteiger partial charge in [0, 0.05) is 24.6 Å². The van der Waals surface area contributed by atoms with E-state index in [0.717, 1.165) is 36.8 Å². The number of hydrogen-bond donors (Lipinski definition) is 0. The van der Waals surface area contributed by atoms with Gasteiger partial charge in [0.25, 0.3) is 0 Å². The molecular weight excluding hydrogens is 489 g/mol. The number of Topliss-reactive ketones (excluding diaryl/α,β-unsaturated/α-hetero) is 1. The molecule has 1 aliphatic carbocycles. The zero-order chi connectivity index (χ0) is 28.0. The van der Waals surface area contributed by atoms with Gasteiger partial charge in [0.1, 0.15) is 11.9 Å². The van der Waals surface area contributed by atoms with E-state index in [1.54, 1.807) is 13.0 Å². The molecule has 1 aromatic carbocycles. The Hall–Kier alpha value is -3.29. The van der Waals surface area contributed by atoms with Crippen molar-refractivity contribution < 1.29 is 33.0 Å². The molecule has 3 atom stereocenters. The highest BCUT2D eigenvalue weighted by Crippen LogP contribution is 2.35. The first-order valence-corrected chi connectivity index (χ1v) is 13.3. The van der Waals surface area contributed by atoms with Crippen LogP contribution >= 0.6 is 0 Å². The van der Waals surface area contributed by atoms with Gasteiger partial charge in [-0.05, 0) is 55.9 Å². The highest BCUT2D eigenvalue weighted by molar-refractivity contribution is 6.00. The molecule has 206 valence electrons. The quantitative estimate of drug-likeness (QED) is 0.253. The number of methoxy groups -OCH3 is 1. The van der Waals surface area contributed by atoms with Crippen molar-refractivity contribution in [2.45, 2.75) is 78.7 Å². The number of halogens is 1. The topological polar surface area (TPSA) is 91.8 Å². The fourth-order valence-corrected chi connectivity index (χ4v) is 5.23. The molecule has 8 heteroatoms. The van der Waals surface area contributed by atoms with Crippen LogP contribution < -0.4 is 9.47 Å². The fraction of sp³-hybridized carbons (Fsp3) is 0.533. The highest BCUT2D eigenvalue weighted by Gasteiger charge is 2.32. The molecule has 7 nitrogen and oxygen atoms in total.